The van der Waals surface area contributed by atoms with Crippen molar-refractivity contribution >= 4 is 5.82 Å². The molecule has 100 valence electrons. The molecule has 0 atom stereocenters. The molecule has 0 aliphatic heterocycles. The molecular formula is C16H16N4. The van der Waals surface area contributed by atoms with E-state index in [1.165, 1.54) is 11.1 Å². The van der Waals surface area contributed by atoms with E-state index >= 15 is 0 Å². The van der Waals surface area contributed by atoms with Crippen LogP contribution >= 0.6 is 0 Å². The summed E-state index contributed by atoms with van der Waals surface area (Å²) in [6, 6.07) is 12.3. The molecular weight excluding hydrogens is 248 g/mol. The summed E-state index contributed by atoms with van der Waals surface area (Å²) in [7, 11) is 0. The summed E-state index contributed by atoms with van der Waals surface area (Å²) in [5, 5.41) is 0. The number of rotatable bonds is 3. The number of pyridine rings is 1. The van der Waals surface area contributed by atoms with Gasteiger partial charge in [-0.1, -0.05) is 29.8 Å². The molecule has 0 spiro atoms. The highest BCUT2D eigenvalue weighted by molar-refractivity contribution is 5.70. The Morgan fingerprint density at radius 2 is 2.10 bits per heavy atom. The van der Waals surface area contributed by atoms with E-state index in [0.717, 1.165) is 17.8 Å². The van der Waals surface area contributed by atoms with Crippen LogP contribution in [0, 0.1) is 6.92 Å². The number of nitrogens with zero attached hydrogens (tertiary/aromatic N) is 3. The Bertz CT molecular complexity index is 731. The van der Waals surface area contributed by atoms with Gasteiger partial charge in [0.15, 0.2) is 0 Å². The first kappa shape index (κ1) is 12.4. The number of hydrogen-bond acceptors (Lipinski definition) is 3. The third kappa shape index (κ3) is 2.40. The normalized spacial score (nSPS) is 10.7. The first-order chi connectivity index (χ1) is 9.74. The molecule has 3 aromatic rings. The fourth-order valence-corrected chi connectivity index (χ4v) is 2.31. The number of benzene rings is 1. The highest BCUT2D eigenvalue weighted by Gasteiger charge is 2.09. The van der Waals surface area contributed by atoms with Gasteiger partial charge in [0.1, 0.15) is 5.82 Å². The van der Waals surface area contributed by atoms with Crippen molar-refractivity contribution in [1.29, 1.82) is 0 Å². The van der Waals surface area contributed by atoms with Gasteiger partial charge in [0, 0.05) is 18.3 Å². The van der Waals surface area contributed by atoms with Gasteiger partial charge in [-0.25, -0.2) is 9.97 Å². The van der Waals surface area contributed by atoms with Gasteiger partial charge in [0.2, 0.25) is 0 Å². The molecule has 20 heavy (non-hydrogen) atoms. The summed E-state index contributed by atoms with van der Waals surface area (Å²) >= 11 is 0. The number of imidazole rings is 1. The Hall–Kier alpha value is -2.62. The lowest BCUT2D eigenvalue weighted by molar-refractivity contribution is 0.804. The van der Waals surface area contributed by atoms with Crippen molar-refractivity contribution in [3.8, 4) is 11.3 Å². The van der Waals surface area contributed by atoms with Crippen LogP contribution in [-0.4, -0.2) is 14.5 Å². The van der Waals surface area contributed by atoms with Crippen LogP contribution in [0.1, 0.15) is 11.1 Å². The zero-order valence-electron chi connectivity index (χ0n) is 11.3. The van der Waals surface area contributed by atoms with E-state index < -0.39 is 0 Å². The fourth-order valence-electron chi connectivity index (χ4n) is 2.31. The van der Waals surface area contributed by atoms with Crippen LogP contribution < -0.4 is 5.73 Å². The van der Waals surface area contributed by atoms with Gasteiger partial charge in [-0.05, 0) is 24.6 Å². The Labute approximate surface area is 117 Å². The van der Waals surface area contributed by atoms with Crippen LogP contribution in [0.15, 0.2) is 55.1 Å². The molecule has 0 aliphatic carbocycles. The van der Waals surface area contributed by atoms with Crippen LogP contribution in [0.25, 0.3) is 11.3 Å². The second-order valence-electron chi connectivity index (χ2n) is 4.83. The standard InChI is InChI=1S/C16H16N4/c1-12-4-2-5-13(8-12)10-20-11-18-9-15(20)14-6-3-7-19-16(14)17/h2-9,11H,10H2,1H3,(H2,17,19). The molecule has 0 bridgehead atoms. The lowest BCUT2D eigenvalue weighted by Gasteiger charge is -2.10. The van der Waals surface area contributed by atoms with E-state index in [0.29, 0.717) is 5.82 Å². The molecule has 0 saturated heterocycles. The van der Waals surface area contributed by atoms with Gasteiger partial charge in [-0.3, -0.25) is 0 Å². The topological polar surface area (TPSA) is 56.7 Å². The van der Waals surface area contributed by atoms with E-state index in [2.05, 4.69) is 45.7 Å². The molecule has 0 aliphatic rings. The van der Waals surface area contributed by atoms with E-state index in [1.807, 2.05) is 24.7 Å². The van der Waals surface area contributed by atoms with Gasteiger partial charge in [0.25, 0.3) is 0 Å². The largest absolute Gasteiger partial charge is 0.383 e. The predicted molar refractivity (Wildman–Crippen MR) is 80.2 cm³/mol. The number of hydrogen-bond donors (Lipinski definition) is 1. The Kier molecular flexibility index (Phi) is 3.21. The van der Waals surface area contributed by atoms with Gasteiger partial charge >= 0.3 is 0 Å². The fraction of sp³-hybridized carbons (Fsp3) is 0.125. The molecule has 4 heteroatoms. The maximum absolute atomic E-state index is 5.95. The van der Waals surface area contributed by atoms with E-state index in [1.54, 1.807) is 6.20 Å². The molecule has 2 N–H and O–H groups in total. The maximum atomic E-state index is 5.95. The summed E-state index contributed by atoms with van der Waals surface area (Å²) in [4.78, 5) is 8.37. The Morgan fingerprint density at radius 1 is 1.20 bits per heavy atom. The van der Waals surface area contributed by atoms with Crippen molar-refractivity contribution < 1.29 is 0 Å². The molecule has 0 radical (unpaired) electrons. The van der Waals surface area contributed by atoms with Crippen LogP contribution in [0.3, 0.4) is 0 Å². The summed E-state index contributed by atoms with van der Waals surface area (Å²) in [6.07, 6.45) is 5.34. The third-order valence-corrected chi connectivity index (χ3v) is 3.26. The van der Waals surface area contributed by atoms with Crippen molar-refractivity contribution in [3.05, 3.63) is 66.2 Å². The van der Waals surface area contributed by atoms with Gasteiger partial charge in [-0.2, -0.15) is 0 Å². The monoisotopic (exact) mass is 264 g/mol. The molecule has 0 fully saturated rings. The van der Waals surface area contributed by atoms with Crippen LogP contribution in [0.2, 0.25) is 0 Å². The lowest BCUT2D eigenvalue weighted by Crippen LogP contribution is -2.02. The number of aryl methyl sites for hydroxylation is 1. The van der Waals surface area contributed by atoms with Crippen molar-refractivity contribution in [1.82, 2.24) is 14.5 Å². The quantitative estimate of drug-likeness (QED) is 0.791. The Morgan fingerprint density at radius 3 is 2.90 bits per heavy atom. The average molecular weight is 264 g/mol. The smallest absolute Gasteiger partial charge is 0.132 e. The van der Waals surface area contributed by atoms with Crippen LogP contribution in [0.5, 0.6) is 0 Å². The molecule has 2 heterocycles. The minimum absolute atomic E-state index is 0.526. The molecule has 2 aromatic heterocycles. The molecule has 0 saturated carbocycles. The lowest BCUT2D eigenvalue weighted by atomic mass is 10.1. The highest BCUT2D eigenvalue weighted by atomic mass is 15.0. The second kappa shape index (κ2) is 5.17. The van der Waals surface area contributed by atoms with Crippen molar-refractivity contribution in [2.24, 2.45) is 0 Å². The molecule has 3 rings (SSSR count). The van der Waals surface area contributed by atoms with Crippen molar-refractivity contribution in [3.63, 3.8) is 0 Å². The average Bonchev–Trinajstić information content (AvgIpc) is 2.87. The maximum Gasteiger partial charge on any atom is 0.132 e. The predicted octanol–water partition coefficient (Wildman–Crippen LogP) is 2.88. The number of anilines is 1. The van der Waals surface area contributed by atoms with E-state index in [4.69, 9.17) is 5.73 Å². The van der Waals surface area contributed by atoms with Crippen LogP contribution in [0.4, 0.5) is 5.82 Å². The van der Waals surface area contributed by atoms with Gasteiger partial charge < -0.3 is 10.3 Å². The minimum Gasteiger partial charge on any atom is -0.383 e. The third-order valence-electron chi connectivity index (χ3n) is 3.26. The molecule has 4 nitrogen and oxygen atoms in total. The van der Waals surface area contributed by atoms with Gasteiger partial charge in [-0.15, -0.1) is 0 Å². The zero-order valence-corrected chi connectivity index (χ0v) is 11.3. The zero-order chi connectivity index (χ0) is 13.9. The molecule has 0 amide bonds. The molecule has 1 aromatic carbocycles. The molecule has 0 unspecified atom stereocenters. The SMILES string of the molecule is Cc1cccc(Cn2cncc2-c2cccnc2N)c1. The first-order valence-corrected chi connectivity index (χ1v) is 6.50. The second-order valence-corrected chi connectivity index (χ2v) is 4.83. The minimum atomic E-state index is 0.526. The number of aromatic nitrogens is 3. The van der Waals surface area contributed by atoms with E-state index in [-0.39, 0.29) is 0 Å². The van der Waals surface area contributed by atoms with Crippen molar-refractivity contribution in [2.75, 3.05) is 5.73 Å². The summed E-state index contributed by atoms with van der Waals surface area (Å²) in [5.74, 6) is 0.526. The van der Waals surface area contributed by atoms with Crippen molar-refractivity contribution in [2.45, 2.75) is 13.5 Å². The number of nitrogens with two attached hydrogens (primary N) is 1. The highest BCUT2D eigenvalue weighted by Crippen LogP contribution is 2.24. The summed E-state index contributed by atoms with van der Waals surface area (Å²) in [6.45, 7) is 2.86. The number of nitrogen functional groups attached to an aromatic ring is 1. The van der Waals surface area contributed by atoms with Gasteiger partial charge in [0.05, 0.1) is 18.2 Å². The summed E-state index contributed by atoms with van der Waals surface area (Å²) in [5.41, 5.74) is 10.3. The Balaban J connectivity index is 1.97. The first-order valence-electron chi connectivity index (χ1n) is 6.50. The summed E-state index contributed by atoms with van der Waals surface area (Å²) < 4.78 is 2.09. The van der Waals surface area contributed by atoms with E-state index in [9.17, 15) is 0 Å². The van der Waals surface area contributed by atoms with Crippen LogP contribution in [-0.2, 0) is 6.54 Å².